The van der Waals surface area contributed by atoms with E-state index in [0.29, 0.717) is 0 Å². The summed E-state index contributed by atoms with van der Waals surface area (Å²) < 4.78 is 67.8. The van der Waals surface area contributed by atoms with Crippen LogP contribution < -0.4 is 30.0 Å². The Hall–Kier alpha value is -7.74. The number of carbonyl (C=O) groups excluding carboxylic acids is 2. The van der Waals surface area contributed by atoms with Crippen LogP contribution in [0.3, 0.4) is 0 Å². The van der Waals surface area contributed by atoms with Crippen LogP contribution in [0.25, 0.3) is 44.1 Å². The lowest BCUT2D eigenvalue weighted by Crippen LogP contribution is -2.37. The van der Waals surface area contributed by atoms with E-state index in [0.717, 1.165) is 37.6 Å². The summed E-state index contributed by atoms with van der Waals surface area (Å²) in [5.74, 6) is -6.01. The van der Waals surface area contributed by atoms with Crippen LogP contribution in [0.4, 0.5) is 37.7 Å². The Bertz CT molecular complexity index is 2700. The van der Waals surface area contributed by atoms with Gasteiger partial charge in [-0.25, -0.2) is 0 Å². The van der Waals surface area contributed by atoms with Gasteiger partial charge < -0.3 is 30.4 Å². The van der Waals surface area contributed by atoms with Gasteiger partial charge in [-0.1, -0.05) is 121 Å². The molecule has 0 saturated carbocycles. The second-order valence-electron chi connectivity index (χ2n) is 14.8. The van der Waals surface area contributed by atoms with E-state index in [2.05, 4.69) is 190 Å². The number of benzene rings is 6. The molecule has 14 aliphatic heterocycles. The van der Waals surface area contributed by atoms with E-state index in [4.69, 9.17) is 19.8 Å². The average molecular weight is 873 g/mol. The molecule has 0 amide bonds. The van der Waals surface area contributed by atoms with Gasteiger partial charge in [0.25, 0.3) is 0 Å². The maximum absolute atomic E-state index is 10.5. The number of fused-ring (bicyclic) bond motifs is 1. The summed E-state index contributed by atoms with van der Waals surface area (Å²) in [5, 5.41) is 27.4. The van der Waals surface area contributed by atoms with Crippen molar-refractivity contribution in [1.82, 2.24) is 0 Å². The fraction of sp³-hybridized carbons (Fsp3) is 0.120. The number of carboxylic acid groups (broad SMARTS) is 2. The Labute approximate surface area is 363 Å². The summed E-state index contributed by atoms with van der Waals surface area (Å²) in [4.78, 5) is 17.6. The van der Waals surface area contributed by atoms with E-state index in [-0.39, 0.29) is 0 Å². The van der Waals surface area contributed by atoms with Gasteiger partial charge in [-0.2, -0.15) is 35.5 Å². The highest BCUT2D eigenvalue weighted by molar-refractivity contribution is 5.89. The van der Waals surface area contributed by atoms with Crippen molar-refractivity contribution in [2.45, 2.75) is 38.5 Å². The van der Waals surface area contributed by atoms with E-state index < -0.39 is 24.3 Å². The van der Waals surface area contributed by atoms with Crippen molar-refractivity contribution in [3.8, 4) is 22.3 Å². The molecule has 12 bridgehead atoms. The first-order valence-corrected chi connectivity index (χ1v) is 19.9. The summed E-state index contributed by atoms with van der Waals surface area (Å²) in [6.07, 6.45) is -5.99. The molecule has 2 N–H and O–H groups in total. The number of rotatable bonds is 0. The highest BCUT2D eigenvalue weighted by atomic mass is 19.4. The number of para-hydroxylation sites is 2. The summed E-state index contributed by atoms with van der Waals surface area (Å²) >= 11 is 0. The molecular formula is C50H38F6N4O4. The molecule has 2 aromatic heterocycles. The third-order valence-electron chi connectivity index (χ3n) is 10.5. The third-order valence-corrected chi connectivity index (χ3v) is 10.5. The van der Waals surface area contributed by atoms with Gasteiger partial charge in [-0.05, 0) is 45.5 Å². The molecule has 0 atom stereocenters. The predicted molar refractivity (Wildman–Crippen MR) is 227 cm³/mol. The van der Waals surface area contributed by atoms with Crippen LogP contribution in [0, 0.1) is 0 Å². The Morgan fingerprint density at radius 2 is 0.703 bits per heavy atom. The summed E-state index contributed by atoms with van der Waals surface area (Å²) in [6, 6.07) is 57.6. The monoisotopic (exact) mass is 872 g/mol. The predicted octanol–water partition coefficient (Wildman–Crippen LogP) is 8.13. The van der Waals surface area contributed by atoms with E-state index in [1.807, 2.05) is 0 Å². The number of aromatic nitrogens is 2. The molecule has 22 rings (SSSR count). The molecule has 0 aliphatic carbocycles. The number of alkyl halides is 6. The van der Waals surface area contributed by atoms with Gasteiger partial charge >= 0.3 is 12.4 Å². The molecule has 14 aliphatic rings. The Balaban J connectivity index is 0.000000381. The van der Waals surface area contributed by atoms with E-state index in [1.165, 1.54) is 66.3 Å². The van der Waals surface area contributed by atoms with Gasteiger partial charge in [0.2, 0.25) is 11.0 Å². The molecule has 16 heterocycles. The fourth-order valence-corrected chi connectivity index (χ4v) is 7.18. The lowest BCUT2D eigenvalue weighted by Gasteiger charge is -2.12. The van der Waals surface area contributed by atoms with Crippen molar-refractivity contribution in [2.75, 3.05) is 10.6 Å². The number of hydrogen-bond acceptors (Lipinski definition) is 6. The van der Waals surface area contributed by atoms with Gasteiger partial charge in [0.15, 0.2) is 25.5 Å². The minimum absolute atomic E-state index is 0.759. The number of halogens is 6. The van der Waals surface area contributed by atoms with E-state index in [1.54, 1.807) is 0 Å². The molecule has 0 fully saturated rings. The van der Waals surface area contributed by atoms with Gasteiger partial charge in [0.05, 0.1) is 22.1 Å². The lowest BCUT2D eigenvalue weighted by atomic mass is 10.0. The number of nitrogens with zero attached hydrogens (tertiary/aromatic N) is 2. The van der Waals surface area contributed by atoms with Crippen molar-refractivity contribution in [3.63, 3.8) is 0 Å². The van der Waals surface area contributed by atoms with Gasteiger partial charge in [-0.3, -0.25) is 0 Å². The Kier molecular flexibility index (Phi) is 13.2. The number of hydrogen-bond donors (Lipinski definition) is 2. The number of anilines is 2. The highest BCUT2D eigenvalue weighted by Gasteiger charge is 2.29. The van der Waals surface area contributed by atoms with E-state index >= 15 is 0 Å². The fourth-order valence-electron chi connectivity index (χ4n) is 7.18. The van der Waals surface area contributed by atoms with Gasteiger partial charge in [-0.15, -0.1) is 0 Å². The van der Waals surface area contributed by atoms with Crippen LogP contribution in [0.15, 0.2) is 170 Å². The first-order chi connectivity index (χ1) is 30.6. The third kappa shape index (κ3) is 11.0. The molecule has 64 heavy (non-hydrogen) atoms. The van der Waals surface area contributed by atoms with Crippen molar-refractivity contribution in [1.29, 1.82) is 0 Å². The lowest BCUT2D eigenvalue weighted by molar-refractivity contribution is -0.662. The van der Waals surface area contributed by atoms with Crippen LogP contribution in [0.2, 0.25) is 0 Å². The number of aliphatic carboxylic acids is 2. The molecular weight excluding hydrogens is 835 g/mol. The SMILES string of the molecule is O=C([O-])C(F)(F)F.O=C([O-])C(F)(F)F.c1ccc2c(c1)c1cc[n+]2Cc2ccc(cc2)-c2ccc(cc2)C[n+]2ccc(c3ccccc32)NCc2ccc(cc2)-c2ccc(cc2)CN1. The van der Waals surface area contributed by atoms with Crippen LogP contribution in [-0.4, -0.2) is 24.3 Å². The smallest absolute Gasteiger partial charge is 0.430 e. The molecule has 0 unspecified atom stereocenters. The van der Waals surface area contributed by atoms with E-state index in [9.17, 15) is 26.3 Å². The molecule has 0 saturated heterocycles. The van der Waals surface area contributed by atoms with Crippen LogP contribution >= 0.6 is 0 Å². The quantitative estimate of drug-likeness (QED) is 0.118. The highest BCUT2D eigenvalue weighted by Crippen LogP contribution is 2.27. The molecule has 14 heteroatoms. The number of carbonyl (C=O) groups is 2. The molecule has 0 radical (unpaired) electrons. The molecule has 324 valence electrons. The molecule has 6 aromatic carbocycles. The molecule has 0 spiro atoms. The van der Waals surface area contributed by atoms with Crippen LogP contribution in [0.5, 0.6) is 0 Å². The Morgan fingerprint density at radius 1 is 0.422 bits per heavy atom. The van der Waals surface area contributed by atoms with Crippen molar-refractivity contribution in [2.24, 2.45) is 0 Å². The zero-order valence-corrected chi connectivity index (χ0v) is 33.8. The van der Waals surface area contributed by atoms with Crippen molar-refractivity contribution >= 4 is 45.1 Å². The Morgan fingerprint density at radius 3 is 1.00 bits per heavy atom. The maximum atomic E-state index is 10.5. The van der Waals surface area contributed by atoms with Crippen molar-refractivity contribution < 1.29 is 55.3 Å². The molecule has 8 nitrogen and oxygen atoms in total. The standard InChI is InChI=1S/C46H36N4.2C2HF3O2/c1-3-7-45-41(5-1)43-25-27-49(45)31-35-13-21-39(22-14-35)40-23-15-36(16-24-40)32-50-28-26-44(42-6-2-4-8-46(42)50)48-30-34-11-19-38(20-12-34)37-17-9-33(10-18-37)29-47-43;2*3-2(4,5)1(6)7/h1-28H,29-32H2;2*(H,6,7). The summed E-state index contributed by atoms with van der Waals surface area (Å²) in [7, 11) is 0. The minimum Gasteiger partial charge on any atom is -0.542 e. The molecule has 8 aromatic rings. The average Bonchev–Trinajstić information content (AvgIpc) is 3.29. The first-order valence-electron chi connectivity index (χ1n) is 19.9. The van der Waals surface area contributed by atoms with Crippen molar-refractivity contribution in [3.05, 3.63) is 192 Å². The largest absolute Gasteiger partial charge is 0.542 e. The summed E-state index contributed by atoms with van der Waals surface area (Å²) in [6.45, 7) is 3.13. The van der Waals surface area contributed by atoms with Crippen LogP contribution in [-0.2, 0) is 35.8 Å². The zero-order valence-electron chi connectivity index (χ0n) is 33.8. The summed E-state index contributed by atoms with van der Waals surface area (Å²) in [5.41, 5.74) is 14.7. The number of carboxylic acids is 2. The number of pyridine rings is 2. The van der Waals surface area contributed by atoms with Gasteiger partial charge in [0.1, 0.15) is 11.9 Å². The minimum atomic E-state index is -5.19. The number of nitrogens with one attached hydrogen (secondary N) is 2. The normalized spacial score (nSPS) is 12.5. The van der Waals surface area contributed by atoms with Gasteiger partial charge in [0, 0.05) is 48.5 Å². The zero-order chi connectivity index (χ0) is 45.4. The topological polar surface area (TPSA) is 112 Å². The van der Waals surface area contributed by atoms with Crippen LogP contribution in [0.1, 0.15) is 22.3 Å². The first kappa shape index (κ1) is 44.3. The second kappa shape index (κ2) is 19.1. The second-order valence-corrected chi connectivity index (χ2v) is 14.8. The maximum Gasteiger partial charge on any atom is 0.430 e.